The van der Waals surface area contributed by atoms with Crippen LogP contribution in [-0.2, 0) is 0 Å². The molecule has 0 unspecified atom stereocenters. The lowest BCUT2D eigenvalue weighted by molar-refractivity contribution is 0.103. The maximum atomic E-state index is 13.5. The minimum absolute atomic E-state index is 0.459. The van der Waals surface area contributed by atoms with Crippen molar-refractivity contribution in [2.45, 2.75) is 0 Å². The predicted octanol–water partition coefficient (Wildman–Crippen LogP) is 4.27. The molecule has 0 amide bonds. The zero-order chi connectivity index (χ0) is 15.0. The van der Waals surface area contributed by atoms with E-state index in [1.165, 1.54) is 0 Å². The molecule has 0 aliphatic carbocycles. The van der Waals surface area contributed by atoms with Gasteiger partial charge in [-0.3, -0.25) is 4.79 Å². The molecule has 0 radical (unpaired) electrons. The Bertz CT molecular complexity index is 710. The van der Waals surface area contributed by atoms with Gasteiger partial charge in [-0.2, -0.15) is 0 Å². The summed E-state index contributed by atoms with van der Waals surface area (Å²) in [5, 5.41) is -0.474. The molecule has 7 heteroatoms. The van der Waals surface area contributed by atoms with E-state index in [-0.39, 0.29) is 0 Å². The molecular weight excluding hydrogens is 303 g/mol. The van der Waals surface area contributed by atoms with Gasteiger partial charge >= 0.3 is 0 Å². The Balaban J connectivity index is 2.58. The van der Waals surface area contributed by atoms with Crippen molar-refractivity contribution in [2.24, 2.45) is 0 Å². The monoisotopic (exact) mass is 306 g/mol. The van der Waals surface area contributed by atoms with Gasteiger partial charge in [-0.05, 0) is 24.3 Å². The van der Waals surface area contributed by atoms with Crippen LogP contribution in [0.5, 0.6) is 0 Å². The summed E-state index contributed by atoms with van der Waals surface area (Å²) in [5.41, 5.74) is -1.40. The Kier molecular flexibility index (Phi) is 3.76. The van der Waals surface area contributed by atoms with Gasteiger partial charge in [0.1, 0.15) is 0 Å². The average molecular weight is 307 g/mol. The first kappa shape index (κ1) is 14.5. The number of carbonyl (C=O) groups excluding carboxylic acids is 1. The molecule has 1 nitrogen and oxygen atoms in total. The Morgan fingerprint density at radius 1 is 0.800 bits per heavy atom. The van der Waals surface area contributed by atoms with E-state index in [9.17, 15) is 26.7 Å². The molecule has 2 aromatic carbocycles. The summed E-state index contributed by atoms with van der Waals surface area (Å²) < 4.78 is 65.2. The third kappa shape index (κ3) is 2.38. The van der Waals surface area contributed by atoms with Gasteiger partial charge in [-0.1, -0.05) is 11.6 Å². The van der Waals surface area contributed by atoms with Crippen molar-refractivity contribution in [3.8, 4) is 0 Å². The van der Waals surface area contributed by atoms with E-state index in [0.29, 0.717) is 24.3 Å². The normalized spacial score (nSPS) is 10.7. The second kappa shape index (κ2) is 5.20. The van der Waals surface area contributed by atoms with Crippen LogP contribution in [0.15, 0.2) is 24.3 Å². The van der Waals surface area contributed by atoms with Crippen molar-refractivity contribution in [2.75, 3.05) is 0 Å². The Morgan fingerprint density at radius 2 is 1.40 bits per heavy atom. The van der Waals surface area contributed by atoms with Gasteiger partial charge in [0.15, 0.2) is 34.9 Å². The summed E-state index contributed by atoms with van der Waals surface area (Å²) in [5.74, 6) is -8.90. The molecule has 0 heterocycles. The van der Waals surface area contributed by atoms with Crippen LogP contribution >= 0.6 is 11.6 Å². The molecule has 2 rings (SSSR count). The minimum atomic E-state index is -1.84. The predicted molar refractivity (Wildman–Crippen MR) is 61.1 cm³/mol. The highest BCUT2D eigenvalue weighted by Crippen LogP contribution is 2.25. The number of ketones is 1. The highest BCUT2D eigenvalue weighted by molar-refractivity contribution is 6.35. The molecule has 0 spiro atoms. The van der Waals surface area contributed by atoms with E-state index < -0.39 is 51.0 Å². The molecule has 0 aromatic heterocycles. The van der Waals surface area contributed by atoms with Gasteiger partial charge in [-0.15, -0.1) is 0 Å². The highest BCUT2D eigenvalue weighted by Gasteiger charge is 2.23. The average Bonchev–Trinajstić information content (AvgIpc) is 2.40. The van der Waals surface area contributed by atoms with Crippen molar-refractivity contribution < 1.29 is 26.7 Å². The van der Waals surface area contributed by atoms with E-state index in [2.05, 4.69) is 0 Å². The van der Waals surface area contributed by atoms with Crippen LogP contribution in [0.25, 0.3) is 0 Å². The molecule has 0 atom stereocenters. The van der Waals surface area contributed by atoms with E-state index >= 15 is 0 Å². The maximum absolute atomic E-state index is 13.5. The van der Waals surface area contributed by atoms with Crippen molar-refractivity contribution in [3.63, 3.8) is 0 Å². The van der Waals surface area contributed by atoms with Crippen LogP contribution in [0.2, 0.25) is 5.02 Å². The second-order valence-corrected chi connectivity index (χ2v) is 4.21. The molecule has 0 saturated heterocycles. The van der Waals surface area contributed by atoms with Gasteiger partial charge in [0.05, 0.1) is 10.6 Å². The lowest BCUT2D eigenvalue weighted by Gasteiger charge is -2.06. The first-order valence-electron chi connectivity index (χ1n) is 5.15. The SMILES string of the molecule is O=C(c1cc(F)c(F)cc1Cl)c1ccc(F)c(F)c1F. The lowest BCUT2D eigenvalue weighted by Crippen LogP contribution is -2.08. The van der Waals surface area contributed by atoms with Crippen LogP contribution in [0.3, 0.4) is 0 Å². The summed E-state index contributed by atoms with van der Waals surface area (Å²) >= 11 is 5.55. The second-order valence-electron chi connectivity index (χ2n) is 3.80. The van der Waals surface area contributed by atoms with E-state index in [4.69, 9.17) is 11.6 Å². The standard InChI is InChI=1S/C13H4ClF5O/c14-7-4-10(17)9(16)3-6(7)13(20)5-1-2-8(15)12(19)11(5)18/h1-4H. The number of rotatable bonds is 2. The van der Waals surface area contributed by atoms with Crippen LogP contribution in [-0.4, -0.2) is 5.78 Å². The minimum Gasteiger partial charge on any atom is -0.288 e. The molecule has 0 saturated carbocycles. The summed E-state index contributed by atoms with van der Waals surface area (Å²) in [6.07, 6.45) is 0. The van der Waals surface area contributed by atoms with Gasteiger partial charge in [0.25, 0.3) is 0 Å². The Hall–Kier alpha value is -1.95. The van der Waals surface area contributed by atoms with Crippen molar-refractivity contribution >= 4 is 17.4 Å². The summed E-state index contributed by atoms with van der Waals surface area (Å²) in [7, 11) is 0. The third-order valence-electron chi connectivity index (χ3n) is 2.53. The van der Waals surface area contributed by atoms with Gasteiger partial charge in [-0.25, -0.2) is 22.0 Å². The fourth-order valence-electron chi connectivity index (χ4n) is 1.54. The Morgan fingerprint density at radius 3 is 2.05 bits per heavy atom. The summed E-state index contributed by atoms with van der Waals surface area (Å²) in [4.78, 5) is 11.9. The van der Waals surface area contributed by atoms with Crippen LogP contribution < -0.4 is 0 Å². The molecule has 0 bridgehead atoms. The van der Waals surface area contributed by atoms with Gasteiger partial charge < -0.3 is 0 Å². The smallest absolute Gasteiger partial charge is 0.197 e. The zero-order valence-electron chi connectivity index (χ0n) is 9.49. The molecule has 0 aliphatic heterocycles. The zero-order valence-corrected chi connectivity index (χ0v) is 10.2. The highest BCUT2D eigenvalue weighted by atomic mass is 35.5. The Labute approximate surface area is 114 Å². The first-order valence-corrected chi connectivity index (χ1v) is 5.53. The van der Waals surface area contributed by atoms with Crippen LogP contribution in [0.4, 0.5) is 22.0 Å². The van der Waals surface area contributed by atoms with Crippen molar-refractivity contribution in [1.29, 1.82) is 0 Å². The molecule has 0 fully saturated rings. The van der Waals surface area contributed by atoms with Gasteiger partial charge in [0, 0.05) is 5.56 Å². The van der Waals surface area contributed by atoms with Crippen LogP contribution in [0.1, 0.15) is 15.9 Å². The largest absolute Gasteiger partial charge is 0.288 e. The topological polar surface area (TPSA) is 17.1 Å². The maximum Gasteiger partial charge on any atom is 0.197 e. The quantitative estimate of drug-likeness (QED) is 0.350. The molecular formula is C13H4ClF5O. The molecule has 0 aliphatic rings. The number of benzene rings is 2. The number of halogens is 6. The number of hydrogen-bond acceptors (Lipinski definition) is 1. The fourth-order valence-corrected chi connectivity index (χ4v) is 1.78. The fraction of sp³-hybridized carbons (Fsp3) is 0. The van der Waals surface area contributed by atoms with Crippen LogP contribution in [0, 0.1) is 29.1 Å². The summed E-state index contributed by atoms with van der Waals surface area (Å²) in [6.45, 7) is 0. The first-order chi connectivity index (χ1) is 9.32. The van der Waals surface area contributed by atoms with Gasteiger partial charge in [0.2, 0.25) is 0 Å². The van der Waals surface area contributed by atoms with E-state index in [0.717, 1.165) is 0 Å². The van der Waals surface area contributed by atoms with E-state index in [1.54, 1.807) is 0 Å². The molecule has 2 aromatic rings. The van der Waals surface area contributed by atoms with E-state index in [1.807, 2.05) is 0 Å². The molecule has 0 N–H and O–H groups in total. The third-order valence-corrected chi connectivity index (χ3v) is 2.85. The van der Waals surface area contributed by atoms with Crippen molar-refractivity contribution in [1.82, 2.24) is 0 Å². The summed E-state index contributed by atoms with van der Waals surface area (Å²) in [6, 6.07) is 2.22. The number of carbonyl (C=O) groups is 1. The number of hydrogen-bond donors (Lipinski definition) is 0. The molecule has 20 heavy (non-hydrogen) atoms. The lowest BCUT2D eigenvalue weighted by atomic mass is 10.0. The molecule has 104 valence electrons. The van der Waals surface area contributed by atoms with Crippen molar-refractivity contribution in [3.05, 3.63) is 69.5 Å².